The maximum Gasteiger partial charge on any atom is 0.258 e. The Bertz CT molecular complexity index is 637. The fraction of sp³-hybridized carbons (Fsp3) is 0.316. The Hall–Kier alpha value is -2.69. The molecule has 1 atom stereocenters. The fourth-order valence-electron chi connectivity index (χ4n) is 2.21. The van der Waals surface area contributed by atoms with Gasteiger partial charge in [-0.25, -0.2) is 0 Å². The first-order valence-corrected chi connectivity index (χ1v) is 7.91. The molecule has 0 saturated carbocycles. The van der Waals surface area contributed by atoms with Crippen molar-refractivity contribution in [3.8, 4) is 17.2 Å². The van der Waals surface area contributed by atoms with Gasteiger partial charge < -0.3 is 19.5 Å². The van der Waals surface area contributed by atoms with E-state index in [1.165, 1.54) is 0 Å². The molecular weight excluding hydrogens is 306 g/mol. The molecule has 0 radical (unpaired) electrons. The average Bonchev–Trinajstić information content (AvgIpc) is 2.61. The molecule has 0 aliphatic rings. The molecule has 2 aromatic carbocycles. The van der Waals surface area contributed by atoms with Crippen molar-refractivity contribution in [3.63, 3.8) is 0 Å². The van der Waals surface area contributed by atoms with Gasteiger partial charge in [0, 0.05) is 0 Å². The zero-order chi connectivity index (χ0) is 17.4. The van der Waals surface area contributed by atoms with E-state index in [1.807, 2.05) is 38.1 Å². The average molecular weight is 329 g/mol. The molecule has 0 fully saturated rings. The Morgan fingerprint density at radius 1 is 0.958 bits per heavy atom. The van der Waals surface area contributed by atoms with Crippen LogP contribution in [-0.4, -0.2) is 26.2 Å². The normalized spacial score (nSPS) is 11.5. The van der Waals surface area contributed by atoms with E-state index in [1.54, 1.807) is 31.4 Å². The first kappa shape index (κ1) is 17.7. The summed E-state index contributed by atoms with van der Waals surface area (Å²) in [5, 5.41) is 2.91. The van der Waals surface area contributed by atoms with E-state index >= 15 is 0 Å². The van der Waals surface area contributed by atoms with Gasteiger partial charge in [-0.1, -0.05) is 12.1 Å². The maximum absolute atomic E-state index is 12.0. The highest BCUT2D eigenvalue weighted by atomic mass is 16.5. The summed E-state index contributed by atoms with van der Waals surface area (Å²) < 4.78 is 16.0. The molecule has 0 spiro atoms. The highest BCUT2D eigenvalue weighted by Gasteiger charge is 2.10. The van der Waals surface area contributed by atoms with Crippen LogP contribution in [0.15, 0.2) is 48.5 Å². The second kappa shape index (κ2) is 8.82. The SMILES string of the molecule is CCOc1ccc([C@@H](C)NC(=O)COc2ccc(OC)cc2)cc1. The van der Waals surface area contributed by atoms with E-state index in [2.05, 4.69) is 5.32 Å². The minimum Gasteiger partial charge on any atom is -0.497 e. The molecule has 0 aromatic heterocycles. The molecule has 1 amide bonds. The Morgan fingerprint density at radius 2 is 1.50 bits per heavy atom. The molecule has 5 nitrogen and oxygen atoms in total. The lowest BCUT2D eigenvalue weighted by atomic mass is 10.1. The summed E-state index contributed by atoms with van der Waals surface area (Å²) in [4.78, 5) is 12.0. The number of ether oxygens (including phenoxy) is 3. The molecule has 0 saturated heterocycles. The molecular formula is C19H23NO4. The van der Waals surface area contributed by atoms with Gasteiger partial charge >= 0.3 is 0 Å². The van der Waals surface area contributed by atoms with Crippen molar-refractivity contribution in [3.05, 3.63) is 54.1 Å². The molecule has 0 aliphatic carbocycles. The van der Waals surface area contributed by atoms with Gasteiger partial charge in [0.05, 0.1) is 19.8 Å². The van der Waals surface area contributed by atoms with Gasteiger partial charge in [-0.05, 0) is 55.8 Å². The lowest BCUT2D eigenvalue weighted by Gasteiger charge is -2.15. The zero-order valence-electron chi connectivity index (χ0n) is 14.2. The van der Waals surface area contributed by atoms with Gasteiger partial charge in [-0.15, -0.1) is 0 Å². The number of amides is 1. The van der Waals surface area contributed by atoms with E-state index in [0.717, 1.165) is 17.1 Å². The summed E-state index contributed by atoms with van der Waals surface area (Å²) in [6.07, 6.45) is 0. The third kappa shape index (κ3) is 5.19. The predicted octanol–water partition coefficient (Wildman–Crippen LogP) is 3.35. The van der Waals surface area contributed by atoms with Gasteiger partial charge in [0.1, 0.15) is 17.2 Å². The minimum atomic E-state index is -0.174. The number of methoxy groups -OCH3 is 1. The molecule has 5 heteroatoms. The summed E-state index contributed by atoms with van der Waals surface area (Å²) in [5.74, 6) is 2.02. The predicted molar refractivity (Wildman–Crippen MR) is 92.7 cm³/mol. The van der Waals surface area contributed by atoms with Crippen LogP contribution in [0.5, 0.6) is 17.2 Å². The molecule has 2 rings (SSSR count). The fourth-order valence-corrected chi connectivity index (χ4v) is 2.21. The summed E-state index contributed by atoms with van der Waals surface area (Å²) in [7, 11) is 1.60. The van der Waals surface area contributed by atoms with Crippen molar-refractivity contribution in [2.75, 3.05) is 20.3 Å². The van der Waals surface area contributed by atoms with Crippen molar-refractivity contribution in [1.82, 2.24) is 5.32 Å². The highest BCUT2D eigenvalue weighted by molar-refractivity contribution is 5.78. The van der Waals surface area contributed by atoms with Gasteiger partial charge in [0.15, 0.2) is 6.61 Å². The van der Waals surface area contributed by atoms with Crippen molar-refractivity contribution in [1.29, 1.82) is 0 Å². The molecule has 0 heterocycles. The number of hydrogen-bond acceptors (Lipinski definition) is 4. The number of carbonyl (C=O) groups excluding carboxylic acids is 1. The van der Waals surface area contributed by atoms with Gasteiger partial charge in [-0.3, -0.25) is 4.79 Å². The van der Waals surface area contributed by atoms with E-state index in [0.29, 0.717) is 12.4 Å². The van der Waals surface area contributed by atoms with Crippen molar-refractivity contribution >= 4 is 5.91 Å². The second-order valence-electron chi connectivity index (χ2n) is 5.26. The van der Waals surface area contributed by atoms with Crippen LogP contribution in [0.25, 0.3) is 0 Å². The molecule has 0 bridgehead atoms. The van der Waals surface area contributed by atoms with Crippen LogP contribution in [0.4, 0.5) is 0 Å². The monoisotopic (exact) mass is 329 g/mol. The van der Waals surface area contributed by atoms with Gasteiger partial charge in [0.2, 0.25) is 0 Å². The minimum absolute atomic E-state index is 0.0340. The van der Waals surface area contributed by atoms with E-state index in [4.69, 9.17) is 14.2 Å². The van der Waals surface area contributed by atoms with Crippen molar-refractivity contribution in [2.24, 2.45) is 0 Å². The number of nitrogens with one attached hydrogen (secondary N) is 1. The van der Waals surface area contributed by atoms with E-state index < -0.39 is 0 Å². The first-order chi connectivity index (χ1) is 11.6. The van der Waals surface area contributed by atoms with Gasteiger partial charge in [0.25, 0.3) is 5.91 Å². The third-order valence-corrected chi connectivity index (χ3v) is 3.50. The number of carbonyl (C=O) groups is 1. The smallest absolute Gasteiger partial charge is 0.258 e. The summed E-state index contributed by atoms with van der Waals surface area (Å²) in [5.41, 5.74) is 1.01. The number of benzene rings is 2. The van der Waals surface area contributed by atoms with Crippen LogP contribution in [0.3, 0.4) is 0 Å². The second-order valence-corrected chi connectivity index (χ2v) is 5.26. The van der Waals surface area contributed by atoms with Crippen LogP contribution in [-0.2, 0) is 4.79 Å². The van der Waals surface area contributed by atoms with Crippen LogP contribution >= 0.6 is 0 Å². The summed E-state index contributed by atoms with van der Waals surface area (Å²) in [6.45, 7) is 4.47. The number of rotatable bonds is 8. The quantitative estimate of drug-likeness (QED) is 0.807. The first-order valence-electron chi connectivity index (χ1n) is 7.91. The standard InChI is InChI=1S/C19H23NO4/c1-4-23-17-7-5-15(6-8-17)14(2)20-19(21)13-24-18-11-9-16(22-3)10-12-18/h5-12,14H,4,13H2,1-3H3,(H,20,21)/t14-/m1/s1. The summed E-state index contributed by atoms with van der Waals surface area (Å²) >= 11 is 0. The number of hydrogen-bond donors (Lipinski definition) is 1. The van der Waals surface area contributed by atoms with Crippen LogP contribution in [0.2, 0.25) is 0 Å². The largest absolute Gasteiger partial charge is 0.497 e. The van der Waals surface area contributed by atoms with Crippen LogP contribution < -0.4 is 19.5 Å². The third-order valence-electron chi connectivity index (χ3n) is 3.50. The van der Waals surface area contributed by atoms with Crippen LogP contribution in [0, 0.1) is 0 Å². The van der Waals surface area contributed by atoms with Crippen molar-refractivity contribution < 1.29 is 19.0 Å². The topological polar surface area (TPSA) is 56.8 Å². The van der Waals surface area contributed by atoms with E-state index in [-0.39, 0.29) is 18.6 Å². The molecule has 24 heavy (non-hydrogen) atoms. The molecule has 2 aromatic rings. The highest BCUT2D eigenvalue weighted by Crippen LogP contribution is 2.18. The van der Waals surface area contributed by atoms with Crippen molar-refractivity contribution in [2.45, 2.75) is 19.9 Å². The lowest BCUT2D eigenvalue weighted by molar-refractivity contribution is -0.123. The Kier molecular flexibility index (Phi) is 6.49. The zero-order valence-corrected chi connectivity index (χ0v) is 14.2. The Labute approximate surface area is 142 Å². The van der Waals surface area contributed by atoms with Gasteiger partial charge in [-0.2, -0.15) is 0 Å². The Morgan fingerprint density at radius 3 is 2.08 bits per heavy atom. The molecule has 0 aliphatic heterocycles. The Balaban J connectivity index is 1.82. The van der Waals surface area contributed by atoms with E-state index in [9.17, 15) is 4.79 Å². The van der Waals surface area contributed by atoms with Crippen LogP contribution in [0.1, 0.15) is 25.5 Å². The molecule has 0 unspecified atom stereocenters. The maximum atomic E-state index is 12.0. The lowest BCUT2D eigenvalue weighted by Crippen LogP contribution is -2.31. The molecule has 128 valence electrons. The molecule has 1 N–H and O–H groups in total. The summed E-state index contributed by atoms with van der Waals surface area (Å²) in [6, 6.07) is 14.7.